The molecule has 0 amide bonds. The van der Waals surface area contributed by atoms with Crippen LogP contribution in [0.5, 0.6) is 0 Å². The van der Waals surface area contributed by atoms with Gasteiger partial charge in [0.2, 0.25) is 0 Å². The first-order valence-electron chi connectivity index (χ1n) is 5.78. The molecule has 0 unspecified atom stereocenters. The van der Waals surface area contributed by atoms with Crippen LogP contribution in [0.3, 0.4) is 0 Å². The first-order valence-corrected chi connectivity index (χ1v) is 5.78. The highest BCUT2D eigenvalue weighted by Crippen LogP contribution is 2.15. The molecule has 2 rings (SSSR count). The Bertz CT molecular complexity index is 508. The third-order valence-electron chi connectivity index (χ3n) is 2.46. The second-order valence-electron chi connectivity index (χ2n) is 3.70. The van der Waals surface area contributed by atoms with Crippen molar-refractivity contribution < 1.29 is 9.53 Å². The maximum Gasteiger partial charge on any atom is 0.356 e. The molecule has 2 heterocycles. The zero-order chi connectivity index (χ0) is 12.8. The maximum atomic E-state index is 11.6. The molecular formula is C13H15N3O2. The highest BCUT2D eigenvalue weighted by atomic mass is 16.5. The van der Waals surface area contributed by atoms with Gasteiger partial charge in [0.25, 0.3) is 0 Å². The number of ether oxygens (including phenoxy) is 1. The lowest BCUT2D eigenvalue weighted by molar-refractivity contribution is 0.0521. The Kier molecular flexibility index (Phi) is 3.96. The van der Waals surface area contributed by atoms with E-state index >= 15 is 0 Å². The predicted octanol–water partition coefficient (Wildman–Crippen LogP) is 2.20. The average Bonchev–Trinajstić information content (AvgIpc) is 2.86. The van der Waals surface area contributed by atoms with Gasteiger partial charge in [-0.05, 0) is 30.7 Å². The van der Waals surface area contributed by atoms with Crippen LogP contribution in [0.1, 0.15) is 23.0 Å². The Hall–Kier alpha value is -2.30. The van der Waals surface area contributed by atoms with Crippen molar-refractivity contribution in [2.75, 3.05) is 11.9 Å². The SMILES string of the molecule is CCOC(=O)c1[nH]ccc1NCc1ccncc1. The van der Waals surface area contributed by atoms with E-state index in [1.807, 2.05) is 18.2 Å². The average molecular weight is 245 g/mol. The number of carbonyl (C=O) groups is 1. The van der Waals surface area contributed by atoms with Gasteiger partial charge in [0.05, 0.1) is 12.3 Å². The van der Waals surface area contributed by atoms with E-state index in [1.54, 1.807) is 25.5 Å². The van der Waals surface area contributed by atoms with Crippen molar-refractivity contribution in [3.05, 3.63) is 48.0 Å². The number of nitrogens with zero attached hydrogens (tertiary/aromatic N) is 1. The zero-order valence-corrected chi connectivity index (χ0v) is 10.1. The number of pyridine rings is 1. The number of hydrogen-bond acceptors (Lipinski definition) is 4. The summed E-state index contributed by atoms with van der Waals surface area (Å²) in [5.74, 6) is -0.347. The highest BCUT2D eigenvalue weighted by molar-refractivity contribution is 5.93. The van der Waals surface area contributed by atoms with Crippen LogP contribution in [-0.4, -0.2) is 22.5 Å². The normalized spacial score (nSPS) is 10.1. The Labute approximate surface area is 105 Å². The number of hydrogen-bond donors (Lipinski definition) is 2. The fourth-order valence-corrected chi connectivity index (χ4v) is 1.59. The Morgan fingerprint density at radius 1 is 1.39 bits per heavy atom. The minimum absolute atomic E-state index is 0.347. The summed E-state index contributed by atoms with van der Waals surface area (Å²) >= 11 is 0. The smallest absolute Gasteiger partial charge is 0.356 e. The summed E-state index contributed by atoms with van der Waals surface area (Å²) < 4.78 is 4.96. The number of aromatic amines is 1. The van der Waals surface area contributed by atoms with E-state index in [-0.39, 0.29) is 5.97 Å². The van der Waals surface area contributed by atoms with Gasteiger partial charge in [0.1, 0.15) is 5.69 Å². The molecule has 0 bridgehead atoms. The van der Waals surface area contributed by atoms with E-state index < -0.39 is 0 Å². The number of aromatic nitrogens is 2. The Morgan fingerprint density at radius 3 is 2.89 bits per heavy atom. The van der Waals surface area contributed by atoms with E-state index in [0.29, 0.717) is 18.8 Å². The van der Waals surface area contributed by atoms with Crippen LogP contribution in [0.2, 0.25) is 0 Å². The van der Waals surface area contributed by atoms with Gasteiger partial charge in [-0.3, -0.25) is 4.98 Å². The molecule has 0 aromatic carbocycles. The van der Waals surface area contributed by atoms with Crippen molar-refractivity contribution in [2.24, 2.45) is 0 Å². The molecule has 0 fully saturated rings. The van der Waals surface area contributed by atoms with E-state index in [0.717, 1.165) is 11.3 Å². The van der Waals surface area contributed by atoms with Crippen molar-refractivity contribution in [3.63, 3.8) is 0 Å². The van der Waals surface area contributed by atoms with Crippen molar-refractivity contribution in [3.8, 4) is 0 Å². The van der Waals surface area contributed by atoms with Crippen molar-refractivity contribution in [1.29, 1.82) is 0 Å². The Morgan fingerprint density at radius 2 is 2.17 bits per heavy atom. The lowest BCUT2D eigenvalue weighted by Gasteiger charge is -2.07. The van der Waals surface area contributed by atoms with Crippen LogP contribution < -0.4 is 5.32 Å². The topological polar surface area (TPSA) is 67.0 Å². The number of rotatable bonds is 5. The van der Waals surface area contributed by atoms with Gasteiger partial charge in [0.15, 0.2) is 0 Å². The molecule has 0 radical (unpaired) electrons. The van der Waals surface area contributed by atoms with Gasteiger partial charge in [-0.1, -0.05) is 0 Å². The fraction of sp³-hybridized carbons (Fsp3) is 0.231. The van der Waals surface area contributed by atoms with Crippen LogP contribution >= 0.6 is 0 Å². The minimum Gasteiger partial charge on any atom is -0.461 e. The van der Waals surface area contributed by atoms with E-state index in [1.165, 1.54) is 0 Å². The predicted molar refractivity (Wildman–Crippen MR) is 68.3 cm³/mol. The molecule has 0 spiro atoms. The molecule has 0 atom stereocenters. The quantitative estimate of drug-likeness (QED) is 0.792. The minimum atomic E-state index is -0.347. The first-order chi connectivity index (χ1) is 8.81. The molecule has 94 valence electrons. The molecule has 0 aliphatic carbocycles. The molecule has 0 saturated carbocycles. The molecule has 0 aliphatic heterocycles. The van der Waals surface area contributed by atoms with Crippen LogP contribution in [0.4, 0.5) is 5.69 Å². The number of anilines is 1. The summed E-state index contributed by atoms with van der Waals surface area (Å²) in [5.41, 5.74) is 2.29. The van der Waals surface area contributed by atoms with Gasteiger partial charge >= 0.3 is 5.97 Å². The van der Waals surface area contributed by atoms with E-state index in [4.69, 9.17) is 4.74 Å². The highest BCUT2D eigenvalue weighted by Gasteiger charge is 2.13. The number of esters is 1. The first kappa shape index (κ1) is 12.2. The lowest BCUT2D eigenvalue weighted by Crippen LogP contribution is -2.09. The lowest BCUT2D eigenvalue weighted by atomic mass is 10.2. The van der Waals surface area contributed by atoms with Crippen molar-refractivity contribution in [1.82, 2.24) is 9.97 Å². The summed E-state index contributed by atoms with van der Waals surface area (Å²) in [4.78, 5) is 18.5. The van der Waals surface area contributed by atoms with Crippen molar-refractivity contribution >= 4 is 11.7 Å². The number of carbonyl (C=O) groups excluding carboxylic acids is 1. The van der Waals surface area contributed by atoms with Gasteiger partial charge in [-0.2, -0.15) is 0 Å². The summed E-state index contributed by atoms with van der Waals surface area (Å²) in [6.07, 6.45) is 5.18. The monoisotopic (exact) mass is 245 g/mol. The van der Waals surface area contributed by atoms with Gasteiger partial charge < -0.3 is 15.0 Å². The summed E-state index contributed by atoms with van der Waals surface area (Å²) in [6, 6.07) is 5.65. The molecule has 2 aromatic rings. The van der Waals surface area contributed by atoms with Crippen molar-refractivity contribution in [2.45, 2.75) is 13.5 Å². The van der Waals surface area contributed by atoms with Crippen LogP contribution in [0, 0.1) is 0 Å². The number of H-pyrrole nitrogens is 1. The molecular weight excluding hydrogens is 230 g/mol. The summed E-state index contributed by atoms with van der Waals surface area (Å²) in [5, 5.41) is 3.19. The maximum absolute atomic E-state index is 11.6. The second-order valence-corrected chi connectivity index (χ2v) is 3.70. The summed E-state index contributed by atoms with van der Waals surface area (Å²) in [7, 11) is 0. The van der Waals surface area contributed by atoms with E-state index in [9.17, 15) is 4.79 Å². The van der Waals surface area contributed by atoms with Crippen LogP contribution in [0.15, 0.2) is 36.8 Å². The van der Waals surface area contributed by atoms with Crippen LogP contribution in [-0.2, 0) is 11.3 Å². The van der Waals surface area contributed by atoms with Gasteiger partial charge in [-0.25, -0.2) is 4.79 Å². The largest absolute Gasteiger partial charge is 0.461 e. The second kappa shape index (κ2) is 5.86. The zero-order valence-electron chi connectivity index (χ0n) is 10.1. The standard InChI is InChI=1S/C13H15N3O2/c1-2-18-13(17)12-11(5-8-15-12)16-9-10-3-6-14-7-4-10/h3-8,15-16H,2,9H2,1H3. The third kappa shape index (κ3) is 2.88. The van der Waals surface area contributed by atoms with Gasteiger partial charge in [0, 0.05) is 25.1 Å². The molecule has 5 nitrogen and oxygen atoms in total. The Balaban J connectivity index is 2.02. The third-order valence-corrected chi connectivity index (χ3v) is 2.46. The molecule has 0 aliphatic rings. The molecule has 18 heavy (non-hydrogen) atoms. The molecule has 0 saturated heterocycles. The van der Waals surface area contributed by atoms with Gasteiger partial charge in [-0.15, -0.1) is 0 Å². The molecule has 2 aromatic heterocycles. The molecule has 5 heteroatoms. The van der Waals surface area contributed by atoms with E-state index in [2.05, 4.69) is 15.3 Å². The van der Waals surface area contributed by atoms with Crippen LogP contribution in [0.25, 0.3) is 0 Å². The number of nitrogens with one attached hydrogen (secondary N) is 2. The summed E-state index contributed by atoms with van der Waals surface area (Å²) in [6.45, 7) is 2.78. The molecule has 2 N–H and O–H groups in total. The fourth-order valence-electron chi connectivity index (χ4n) is 1.59.